The van der Waals surface area contributed by atoms with Crippen molar-refractivity contribution in [1.29, 1.82) is 0 Å². The van der Waals surface area contributed by atoms with Crippen LogP contribution in [0.3, 0.4) is 0 Å². The molecule has 0 aromatic heterocycles. The Hall–Kier alpha value is 0.130. The summed E-state index contributed by atoms with van der Waals surface area (Å²) < 4.78 is 26.6. The van der Waals surface area contributed by atoms with Gasteiger partial charge in [0, 0.05) is 0 Å². The second-order valence-electron chi connectivity index (χ2n) is 2.44. The molecule has 0 heterocycles. The van der Waals surface area contributed by atoms with E-state index in [1.54, 1.807) is 12.1 Å². The summed E-state index contributed by atoms with van der Waals surface area (Å²) in [7, 11) is -2.37. The minimum atomic E-state index is -3.52. The summed E-state index contributed by atoms with van der Waals surface area (Å²) in [6, 6.07) is 6.58. The van der Waals surface area contributed by atoms with Crippen molar-refractivity contribution in [2.75, 3.05) is 7.11 Å². The molecule has 0 saturated carbocycles. The zero-order chi connectivity index (χ0) is 9.19. The molecule has 0 unspecified atom stereocenters. The molecule has 0 N–H and O–H groups in total. The summed E-state index contributed by atoms with van der Waals surface area (Å²) in [6.45, 7) is 1.83. The fourth-order valence-electron chi connectivity index (χ4n) is 0.867. The molecule has 1 aromatic rings. The summed E-state index contributed by atoms with van der Waals surface area (Å²) in [5.41, 5.74) is 0.896. The van der Waals surface area contributed by atoms with Crippen LogP contribution in [0.2, 0.25) is 0 Å². The van der Waals surface area contributed by atoms with Crippen LogP contribution in [0.4, 0.5) is 0 Å². The van der Waals surface area contributed by atoms with Crippen molar-refractivity contribution in [3.63, 3.8) is 0 Å². The van der Waals surface area contributed by atoms with E-state index in [0.29, 0.717) is 0 Å². The number of benzene rings is 1. The van der Waals surface area contributed by atoms with E-state index >= 15 is 0 Å². The summed E-state index contributed by atoms with van der Waals surface area (Å²) in [5, 5.41) is 0. The second kappa shape index (κ2) is 5.12. The second-order valence-corrected chi connectivity index (χ2v) is 4.15. The Morgan fingerprint density at radius 2 is 2.00 bits per heavy atom. The molecule has 1 rings (SSSR count). The first kappa shape index (κ1) is 13.1. The summed E-state index contributed by atoms with van der Waals surface area (Å²) in [4.78, 5) is 0.199. The number of rotatable bonds is 2. The predicted octanol–water partition coefficient (Wildman–Crippen LogP) is -1.55. The first-order chi connectivity index (χ1) is 5.56. The maximum absolute atomic E-state index is 11.1. The smallest absolute Gasteiger partial charge is 1.00 e. The van der Waals surface area contributed by atoms with Gasteiger partial charge in [0.15, 0.2) is 0 Å². The van der Waals surface area contributed by atoms with Crippen LogP contribution in [0, 0.1) is 6.92 Å². The number of hydrogen-bond donors (Lipinski definition) is 0. The molecule has 0 aliphatic carbocycles. The molecule has 68 valence electrons. The molecule has 3 nitrogen and oxygen atoms in total. The minimum Gasteiger partial charge on any atom is -1.00 e. The van der Waals surface area contributed by atoms with E-state index in [9.17, 15) is 8.42 Å². The maximum Gasteiger partial charge on any atom is 1.00 e. The summed E-state index contributed by atoms with van der Waals surface area (Å²) in [6.07, 6.45) is 0. The Morgan fingerprint density at radius 1 is 1.38 bits per heavy atom. The van der Waals surface area contributed by atoms with Crippen LogP contribution in [0.5, 0.6) is 0 Å². The van der Waals surface area contributed by atoms with Gasteiger partial charge >= 0.3 is 29.6 Å². The van der Waals surface area contributed by atoms with Crippen LogP contribution in [-0.4, -0.2) is 15.5 Å². The van der Waals surface area contributed by atoms with Crippen LogP contribution < -0.4 is 29.6 Å². The van der Waals surface area contributed by atoms with Gasteiger partial charge in [0.1, 0.15) is 0 Å². The first-order valence-corrected chi connectivity index (χ1v) is 4.84. The Morgan fingerprint density at radius 3 is 2.46 bits per heavy atom. The molecule has 0 radical (unpaired) electrons. The number of hydrogen-bond acceptors (Lipinski definition) is 3. The Bertz CT molecular complexity index is 378. The quantitative estimate of drug-likeness (QED) is 0.438. The van der Waals surface area contributed by atoms with Gasteiger partial charge in [-0.1, -0.05) is 12.1 Å². The maximum atomic E-state index is 11.1. The van der Waals surface area contributed by atoms with Crippen LogP contribution >= 0.6 is 0 Å². The molecule has 13 heavy (non-hydrogen) atoms. The fourth-order valence-corrected chi connectivity index (χ4v) is 1.63. The van der Waals surface area contributed by atoms with Crippen molar-refractivity contribution < 1.29 is 43.6 Å². The summed E-state index contributed by atoms with van der Waals surface area (Å²) in [5.74, 6) is 0. The third-order valence-corrected chi connectivity index (χ3v) is 2.77. The van der Waals surface area contributed by atoms with Gasteiger partial charge in [0.05, 0.1) is 12.0 Å². The van der Waals surface area contributed by atoms with Gasteiger partial charge in [0.25, 0.3) is 10.1 Å². The Kier molecular flexibility index (Phi) is 5.17. The minimum absolute atomic E-state index is 0. The zero-order valence-corrected chi connectivity index (χ0v) is 10.8. The fraction of sp³-hybridized carbons (Fsp3) is 0.250. The van der Waals surface area contributed by atoms with Crippen LogP contribution in [-0.2, 0) is 14.3 Å². The van der Waals surface area contributed by atoms with Gasteiger partial charge in [-0.3, -0.25) is 4.18 Å². The molecular formula is C8H11NaO3S. The van der Waals surface area contributed by atoms with E-state index in [0.717, 1.165) is 12.7 Å². The van der Waals surface area contributed by atoms with Crippen LogP contribution in [0.25, 0.3) is 0 Å². The average molecular weight is 210 g/mol. The van der Waals surface area contributed by atoms with E-state index in [1.807, 2.05) is 13.0 Å². The molecular weight excluding hydrogens is 199 g/mol. The van der Waals surface area contributed by atoms with Crippen molar-refractivity contribution in [2.45, 2.75) is 11.8 Å². The van der Waals surface area contributed by atoms with Gasteiger partial charge in [-0.25, -0.2) is 0 Å². The predicted molar refractivity (Wildman–Crippen MR) is 46.5 cm³/mol. The third kappa shape index (κ3) is 3.40. The average Bonchev–Trinajstić information content (AvgIpc) is 2.05. The van der Waals surface area contributed by atoms with E-state index in [4.69, 9.17) is 0 Å². The first-order valence-electron chi connectivity index (χ1n) is 3.43. The van der Waals surface area contributed by atoms with Crippen molar-refractivity contribution in [2.24, 2.45) is 0 Å². The van der Waals surface area contributed by atoms with Gasteiger partial charge in [-0.15, -0.1) is 0 Å². The Labute approximate surface area is 102 Å². The largest absolute Gasteiger partial charge is 1.00 e. The molecule has 0 saturated heterocycles. The molecule has 0 spiro atoms. The van der Waals surface area contributed by atoms with Gasteiger partial charge in [0.2, 0.25) is 0 Å². The summed E-state index contributed by atoms with van der Waals surface area (Å²) >= 11 is 0. The number of aryl methyl sites for hydroxylation is 1. The van der Waals surface area contributed by atoms with Gasteiger partial charge in [-0.05, 0) is 24.6 Å². The zero-order valence-electron chi connectivity index (χ0n) is 8.94. The molecule has 0 aliphatic rings. The van der Waals surface area contributed by atoms with Crippen LogP contribution in [0.15, 0.2) is 29.2 Å². The molecule has 0 amide bonds. The topological polar surface area (TPSA) is 43.4 Å². The van der Waals surface area contributed by atoms with E-state index < -0.39 is 10.1 Å². The molecule has 0 atom stereocenters. The Balaban J connectivity index is 0. The SMILES string of the molecule is COS(=O)(=O)c1cccc(C)c1.[H-].[Na+]. The molecule has 1 aromatic carbocycles. The monoisotopic (exact) mass is 210 g/mol. The standard InChI is InChI=1S/C8H10O3S.Na.H/c1-7-4-3-5-8(6-7)12(9,10)11-2;;/h3-6H,1-2H3;;/q;+1;-1. The van der Waals surface area contributed by atoms with Gasteiger partial charge < -0.3 is 1.43 Å². The van der Waals surface area contributed by atoms with Crippen molar-refractivity contribution in [1.82, 2.24) is 0 Å². The van der Waals surface area contributed by atoms with Gasteiger partial charge in [-0.2, -0.15) is 8.42 Å². The normalized spacial score (nSPS) is 10.6. The molecule has 0 bridgehead atoms. The molecule has 5 heteroatoms. The van der Waals surface area contributed by atoms with Crippen molar-refractivity contribution in [3.05, 3.63) is 29.8 Å². The third-order valence-electron chi connectivity index (χ3n) is 1.50. The van der Waals surface area contributed by atoms with Crippen LogP contribution in [0.1, 0.15) is 6.99 Å². The molecule has 0 aliphatic heterocycles. The molecule has 0 fully saturated rings. The van der Waals surface area contributed by atoms with E-state index in [2.05, 4.69) is 4.18 Å². The van der Waals surface area contributed by atoms with E-state index in [-0.39, 0.29) is 35.9 Å². The van der Waals surface area contributed by atoms with E-state index in [1.165, 1.54) is 6.07 Å². The van der Waals surface area contributed by atoms with Crippen molar-refractivity contribution in [3.8, 4) is 0 Å². The van der Waals surface area contributed by atoms with Crippen molar-refractivity contribution >= 4 is 10.1 Å².